The Morgan fingerprint density at radius 2 is 1.79 bits per heavy atom. The van der Waals surface area contributed by atoms with E-state index in [0.29, 0.717) is 28.8 Å². The van der Waals surface area contributed by atoms with E-state index in [9.17, 15) is 18.0 Å². The molecule has 182 valence electrons. The number of hydrogen-bond acceptors (Lipinski definition) is 4. The third kappa shape index (κ3) is 3.94. The Labute approximate surface area is 202 Å². The smallest absolute Gasteiger partial charge is 0.244 e. The lowest BCUT2D eigenvalue weighted by atomic mass is 9.43. The molecule has 0 heterocycles. The van der Waals surface area contributed by atoms with Gasteiger partial charge in [0.1, 0.15) is 0 Å². The molecule has 8 heteroatoms. The minimum Gasteiger partial charge on any atom is -0.369 e. The molecule has 5 rings (SSSR count). The number of nitrogens with zero attached hydrogens (tertiary/aromatic N) is 1. The van der Waals surface area contributed by atoms with Crippen LogP contribution in [0.1, 0.15) is 71.3 Å². The molecule has 33 heavy (non-hydrogen) atoms. The fourth-order valence-electron chi connectivity index (χ4n) is 7.49. The minimum atomic E-state index is -3.94. The summed E-state index contributed by atoms with van der Waals surface area (Å²) >= 11 is 6.20. The van der Waals surface area contributed by atoms with Crippen LogP contribution in [0.4, 0.5) is 0 Å². The number of Topliss-reactive ketones (excluding diaryl/α,β-unsaturated/α-hetero) is 1. The SMILES string of the molecule is CCN(C(C)(C)C(=O)CC12CC3CC(C1)CC(C(N)=O)(C3)C2)S(=O)(=O)c1cccc(Cl)c1C. The van der Waals surface area contributed by atoms with Gasteiger partial charge in [0.2, 0.25) is 15.9 Å². The number of halogens is 1. The molecular weight excluding hydrogens is 460 g/mol. The molecule has 4 aliphatic carbocycles. The molecule has 0 spiro atoms. The van der Waals surface area contributed by atoms with Crippen LogP contribution in [-0.4, -0.2) is 36.5 Å². The number of rotatable bonds is 8. The van der Waals surface area contributed by atoms with E-state index in [1.807, 2.05) is 0 Å². The van der Waals surface area contributed by atoms with Gasteiger partial charge in [0, 0.05) is 18.0 Å². The first-order valence-corrected chi connectivity index (χ1v) is 13.7. The zero-order chi connectivity index (χ0) is 24.4. The standard InChI is InChI=1S/C25H35ClN2O4S/c1-5-28(33(31,32)20-8-6-7-19(26)16(20)2)23(3,4)21(29)14-24-10-17-9-18(11-24)13-25(12-17,15-24)22(27)30/h6-8,17-18H,5,9-15H2,1-4H3,(H2,27,30). The van der Waals surface area contributed by atoms with Gasteiger partial charge in [-0.1, -0.05) is 24.6 Å². The van der Waals surface area contributed by atoms with Crippen molar-refractivity contribution < 1.29 is 18.0 Å². The van der Waals surface area contributed by atoms with E-state index in [1.54, 1.807) is 39.8 Å². The number of likely N-dealkylation sites (N-methyl/N-ethyl adjacent to an activating group) is 1. The highest BCUT2D eigenvalue weighted by Gasteiger charge is 2.61. The molecule has 4 aliphatic rings. The van der Waals surface area contributed by atoms with Gasteiger partial charge in [0.05, 0.1) is 15.8 Å². The van der Waals surface area contributed by atoms with E-state index < -0.39 is 21.0 Å². The first kappa shape index (κ1) is 24.7. The van der Waals surface area contributed by atoms with Gasteiger partial charge < -0.3 is 5.73 Å². The molecule has 0 aromatic heterocycles. The van der Waals surface area contributed by atoms with Crippen molar-refractivity contribution in [2.75, 3.05) is 6.54 Å². The van der Waals surface area contributed by atoms with Crippen LogP contribution in [0.15, 0.2) is 23.1 Å². The Morgan fingerprint density at radius 3 is 2.33 bits per heavy atom. The summed E-state index contributed by atoms with van der Waals surface area (Å²) in [5.74, 6) is 0.514. The van der Waals surface area contributed by atoms with Crippen LogP contribution in [0.2, 0.25) is 5.02 Å². The normalized spacial score (nSPS) is 31.2. The summed E-state index contributed by atoms with van der Waals surface area (Å²) in [6.45, 7) is 6.98. The average molecular weight is 495 g/mol. The summed E-state index contributed by atoms with van der Waals surface area (Å²) in [4.78, 5) is 26.3. The Hall–Kier alpha value is -1.44. The molecule has 1 amide bonds. The Bertz CT molecular complexity index is 1080. The van der Waals surface area contributed by atoms with Crippen molar-refractivity contribution >= 4 is 33.3 Å². The maximum Gasteiger partial charge on any atom is 0.244 e. The quantitative estimate of drug-likeness (QED) is 0.576. The van der Waals surface area contributed by atoms with Crippen LogP contribution in [0.25, 0.3) is 0 Å². The fourth-order valence-corrected chi connectivity index (χ4v) is 9.75. The van der Waals surface area contributed by atoms with Crippen molar-refractivity contribution in [2.24, 2.45) is 28.4 Å². The number of primary amides is 1. The Morgan fingerprint density at radius 1 is 1.18 bits per heavy atom. The average Bonchev–Trinajstić information content (AvgIpc) is 2.68. The van der Waals surface area contributed by atoms with Crippen molar-refractivity contribution in [3.05, 3.63) is 28.8 Å². The molecule has 4 fully saturated rings. The van der Waals surface area contributed by atoms with Crippen LogP contribution in [0.3, 0.4) is 0 Å². The predicted molar refractivity (Wildman–Crippen MR) is 128 cm³/mol. The number of carbonyl (C=O) groups excluding carboxylic acids is 2. The second-order valence-corrected chi connectivity index (χ2v) is 13.5. The molecule has 0 saturated heterocycles. The number of ketones is 1. The van der Waals surface area contributed by atoms with Crippen molar-refractivity contribution in [1.29, 1.82) is 0 Å². The van der Waals surface area contributed by atoms with Crippen LogP contribution in [-0.2, 0) is 19.6 Å². The maximum absolute atomic E-state index is 13.8. The van der Waals surface area contributed by atoms with Gasteiger partial charge >= 0.3 is 0 Å². The van der Waals surface area contributed by atoms with Gasteiger partial charge in [-0.25, -0.2) is 8.42 Å². The predicted octanol–water partition coefficient (Wildman–Crippen LogP) is 4.47. The number of amides is 1. The molecule has 4 bridgehead atoms. The van der Waals surface area contributed by atoms with Gasteiger partial charge in [-0.05, 0) is 94.2 Å². The summed E-state index contributed by atoms with van der Waals surface area (Å²) in [6.07, 6.45) is 5.56. The van der Waals surface area contributed by atoms with E-state index in [1.165, 1.54) is 10.4 Å². The van der Waals surface area contributed by atoms with Gasteiger partial charge in [0.25, 0.3) is 0 Å². The summed E-state index contributed by atoms with van der Waals surface area (Å²) in [5.41, 5.74) is 4.35. The summed E-state index contributed by atoms with van der Waals surface area (Å²) in [5, 5.41) is 0.376. The van der Waals surface area contributed by atoms with Gasteiger partial charge in [-0.15, -0.1) is 0 Å². The van der Waals surface area contributed by atoms with Gasteiger partial charge in [0.15, 0.2) is 5.78 Å². The lowest BCUT2D eigenvalue weighted by Crippen LogP contribution is -2.59. The highest BCUT2D eigenvalue weighted by molar-refractivity contribution is 7.89. The van der Waals surface area contributed by atoms with E-state index in [2.05, 4.69) is 0 Å². The topological polar surface area (TPSA) is 97.5 Å². The highest BCUT2D eigenvalue weighted by Crippen LogP contribution is 2.66. The van der Waals surface area contributed by atoms with Gasteiger partial charge in [-0.3, -0.25) is 9.59 Å². The summed E-state index contributed by atoms with van der Waals surface area (Å²) < 4.78 is 28.6. The Kier molecular flexibility index (Phi) is 6.03. The van der Waals surface area contributed by atoms with Crippen LogP contribution < -0.4 is 5.73 Å². The fraction of sp³-hybridized carbons (Fsp3) is 0.680. The van der Waals surface area contributed by atoms with E-state index in [-0.39, 0.29) is 35.0 Å². The zero-order valence-electron chi connectivity index (χ0n) is 20.0. The van der Waals surface area contributed by atoms with E-state index in [4.69, 9.17) is 17.3 Å². The van der Waals surface area contributed by atoms with Gasteiger partial charge in [-0.2, -0.15) is 4.31 Å². The highest BCUT2D eigenvalue weighted by atomic mass is 35.5. The molecule has 2 unspecified atom stereocenters. The monoisotopic (exact) mass is 494 g/mol. The van der Waals surface area contributed by atoms with Crippen molar-refractivity contribution in [1.82, 2.24) is 4.31 Å². The largest absolute Gasteiger partial charge is 0.369 e. The number of benzene rings is 1. The number of sulfonamides is 1. The molecule has 0 radical (unpaired) electrons. The molecule has 6 nitrogen and oxygen atoms in total. The maximum atomic E-state index is 13.8. The molecule has 2 atom stereocenters. The van der Waals surface area contributed by atoms with Crippen LogP contribution >= 0.6 is 11.6 Å². The molecule has 4 saturated carbocycles. The van der Waals surface area contributed by atoms with Crippen LogP contribution in [0, 0.1) is 29.6 Å². The third-order valence-corrected chi connectivity index (χ3v) is 11.3. The lowest BCUT2D eigenvalue weighted by Gasteiger charge is -2.61. The summed E-state index contributed by atoms with van der Waals surface area (Å²) in [6, 6.07) is 4.81. The lowest BCUT2D eigenvalue weighted by molar-refractivity contribution is -0.159. The number of carbonyl (C=O) groups is 2. The minimum absolute atomic E-state index is 0.103. The molecule has 1 aromatic rings. The van der Waals surface area contributed by atoms with Crippen molar-refractivity contribution in [3.63, 3.8) is 0 Å². The number of nitrogens with two attached hydrogens (primary N) is 1. The van der Waals surface area contributed by atoms with Crippen molar-refractivity contribution in [3.8, 4) is 0 Å². The molecule has 0 aliphatic heterocycles. The summed E-state index contributed by atoms with van der Waals surface area (Å²) in [7, 11) is -3.94. The molecule has 2 N–H and O–H groups in total. The second-order valence-electron chi connectivity index (χ2n) is 11.3. The van der Waals surface area contributed by atoms with Crippen LogP contribution in [0.5, 0.6) is 0 Å². The Balaban J connectivity index is 1.63. The zero-order valence-corrected chi connectivity index (χ0v) is 21.6. The third-order valence-electron chi connectivity index (χ3n) is 8.62. The van der Waals surface area contributed by atoms with E-state index >= 15 is 0 Å². The first-order valence-electron chi connectivity index (χ1n) is 11.9. The number of hydrogen-bond donors (Lipinski definition) is 1. The molecule has 1 aromatic carbocycles. The molecular formula is C25H35ClN2O4S. The van der Waals surface area contributed by atoms with Crippen molar-refractivity contribution in [2.45, 2.75) is 83.1 Å². The second kappa shape index (κ2) is 8.06. The first-order chi connectivity index (χ1) is 15.3. The van der Waals surface area contributed by atoms with E-state index in [0.717, 1.165) is 32.1 Å².